The first-order valence-corrected chi connectivity index (χ1v) is 12.4. The molecule has 0 saturated heterocycles. The van der Waals surface area contributed by atoms with Gasteiger partial charge in [0.1, 0.15) is 5.82 Å². The number of hydrogen-bond donors (Lipinski definition) is 0. The first-order valence-electron chi connectivity index (χ1n) is 12.4. The van der Waals surface area contributed by atoms with Gasteiger partial charge in [0.25, 0.3) is 0 Å². The summed E-state index contributed by atoms with van der Waals surface area (Å²) < 4.78 is 15.4. The molecule has 0 N–H and O–H groups in total. The Hall–Kier alpha value is -3.41. The molecule has 1 fully saturated rings. The number of halogens is 1. The number of rotatable bonds is 11. The molecule has 0 aliphatic heterocycles. The van der Waals surface area contributed by atoms with Crippen molar-refractivity contribution in [3.8, 4) is 0 Å². The van der Waals surface area contributed by atoms with E-state index in [1.165, 1.54) is 12.1 Å². The Morgan fingerprint density at radius 1 is 0.914 bits per heavy atom. The summed E-state index contributed by atoms with van der Waals surface area (Å²) in [5.41, 5.74) is 3.02. The topological polar surface area (TPSA) is 45.6 Å². The lowest BCUT2D eigenvalue weighted by molar-refractivity contribution is -0.142. The maximum absolute atomic E-state index is 13.6. The lowest BCUT2D eigenvalue weighted by atomic mass is 10.1. The summed E-state index contributed by atoms with van der Waals surface area (Å²) in [6.45, 7) is 6.31. The molecule has 184 valence electrons. The fourth-order valence-electron chi connectivity index (χ4n) is 4.29. The van der Waals surface area contributed by atoms with Gasteiger partial charge in [-0.1, -0.05) is 56.3 Å². The Balaban J connectivity index is 1.53. The van der Waals surface area contributed by atoms with Gasteiger partial charge in [-0.3, -0.25) is 9.59 Å². The number of carbonyl (C=O) groups excluding carboxylic acids is 2. The van der Waals surface area contributed by atoms with Gasteiger partial charge in [0, 0.05) is 37.4 Å². The zero-order chi connectivity index (χ0) is 24.8. The highest BCUT2D eigenvalue weighted by Gasteiger charge is 2.35. The molecule has 1 aliphatic carbocycles. The van der Waals surface area contributed by atoms with Gasteiger partial charge in [0.2, 0.25) is 11.8 Å². The number of carbonyl (C=O) groups is 2. The van der Waals surface area contributed by atoms with Crippen molar-refractivity contribution < 1.29 is 14.0 Å². The van der Waals surface area contributed by atoms with Crippen LogP contribution in [0.5, 0.6) is 0 Å². The van der Waals surface area contributed by atoms with Crippen LogP contribution in [0.25, 0.3) is 0 Å². The van der Waals surface area contributed by atoms with E-state index >= 15 is 0 Å². The minimum atomic E-state index is -0.257. The standard InChI is InChI=1S/C29H34FN3O2/c1-22(2)17-33(29(35)25-12-13-25)21-28(34)32(19-23-7-4-3-5-8-23)20-27-9-6-16-31(27)18-24-10-14-26(30)15-11-24/h3-11,14-16,22,25H,12-13,17-21H2,1-2H3. The second kappa shape index (κ2) is 11.3. The third-order valence-electron chi connectivity index (χ3n) is 6.26. The predicted molar refractivity (Wildman–Crippen MR) is 135 cm³/mol. The first-order chi connectivity index (χ1) is 16.9. The van der Waals surface area contributed by atoms with Crippen LogP contribution in [0.2, 0.25) is 0 Å². The maximum atomic E-state index is 13.6. The van der Waals surface area contributed by atoms with Crippen molar-refractivity contribution in [2.24, 2.45) is 11.8 Å². The fraction of sp³-hybridized carbons (Fsp3) is 0.379. The van der Waals surface area contributed by atoms with E-state index in [4.69, 9.17) is 0 Å². The molecule has 0 bridgehead atoms. The Bertz CT molecular complexity index is 1120. The summed E-state index contributed by atoms with van der Waals surface area (Å²) in [6, 6.07) is 20.4. The van der Waals surface area contributed by atoms with E-state index in [2.05, 4.69) is 18.4 Å². The van der Waals surface area contributed by atoms with E-state index in [0.29, 0.717) is 32.1 Å². The third kappa shape index (κ3) is 7.04. The van der Waals surface area contributed by atoms with Crippen molar-refractivity contribution >= 4 is 11.8 Å². The molecule has 5 nitrogen and oxygen atoms in total. The molecule has 1 aromatic heterocycles. The molecule has 1 heterocycles. The van der Waals surface area contributed by atoms with Crippen molar-refractivity contribution in [1.82, 2.24) is 14.4 Å². The Labute approximate surface area is 207 Å². The first kappa shape index (κ1) is 24.7. The van der Waals surface area contributed by atoms with E-state index in [-0.39, 0.29) is 30.1 Å². The van der Waals surface area contributed by atoms with Gasteiger partial charge in [-0.25, -0.2) is 4.39 Å². The van der Waals surface area contributed by atoms with Crippen LogP contribution in [0, 0.1) is 17.7 Å². The van der Waals surface area contributed by atoms with E-state index in [0.717, 1.165) is 29.7 Å². The van der Waals surface area contributed by atoms with Crippen LogP contribution in [0.4, 0.5) is 4.39 Å². The zero-order valence-electron chi connectivity index (χ0n) is 20.6. The molecule has 0 unspecified atom stereocenters. The second-order valence-electron chi connectivity index (χ2n) is 9.88. The van der Waals surface area contributed by atoms with Crippen LogP contribution < -0.4 is 0 Å². The van der Waals surface area contributed by atoms with E-state index in [1.54, 1.807) is 17.0 Å². The normalized spacial score (nSPS) is 13.1. The molecule has 0 radical (unpaired) electrons. The van der Waals surface area contributed by atoms with Crippen molar-refractivity contribution in [2.45, 2.75) is 46.3 Å². The Morgan fingerprint density at radius 3 is 2.29 bits per heavy atom. The van der Waals surface area contributed by atoms with Crippen LogP contribution in [0.3, 0.4) is 0 Å². The van der Waals surface area contributed by atoms with Crippen molar-refractivity contribution in [3.63, 3.8) is 0 Å². The molecule has 4 rings (SSSR count). The quantitative estimate of drug-likeness (QED) is 0.387. The van der Waals surface area contributed by atoms with Crippen molar-refractivity contribution in [2.75, 3.05) is 13.1 Å². The van der Waals surface area contributed by atoms with Gasteiger partial charge < -0.3 is 14.4 Å². The predicted octanol–water partition coefficient (Wildman–Crippen LogP) is 5.10. The molecule has 2 amide bonds. The molecule has 1 aliphatic rings. The van der Waals surface area contributed by atoms with Gasteiger partial charge in [-0.05, 0) is 54.2 Å². The number of nitrogens with zero attached hydrogens (tertiary/aromatic N) is 3. The summed E-state index contributed by atoms with van der Waals surface area (Å²) in [6.07, 6.45) is 3.82. The average Bonchev–Trinajstić information content (AvgIpc) is 3.60. The minimum absolute atomic E-state index is 0.0574. The van der Waals surface area contributed by atoms with Crippen LogP contribution in [-0.2, 0) is 29.2 Å². The van der Waals surface area contributed by atoms with Crippen LogP contribution in [0.15, 0.2) is 72.9 Å². The largest absolute Gasteiger partial charge is 0.345 e. The summed E-state index contributed by atoms with van der Waals surface area (Å²) in [4.78, 5) is 30.1. The summed E-state index contributed by atoms with van der Waals surface area (Å²) >= 11 is 0. The smallest absolute Gasteiger partial charge is 0.242 e. The second-order valence-corrected chi connectivity index (χ2v) is 9.88. The highest BCUT2D eigenvalue weighted by molar-refractivity contribution is 5.87. The van der Waals surface area contributed by atoms with Gasteiger partial charge in [-0.2, -0.15) is 0 Å². The molecular formula is C29H34FN3O2. The Morgan fingerprint density at radius 2 is 1.63 bits per heavy atom. The van der Waals surface area contributed by atoms with Crippen LogP contribution in [0.1, 0.15) is 43.5 Å². The molecule has 6 heteroatoms. The fourth-order valence-corrected chi connectivity index (χ4v) is 4.29. The average molecular weight is 476 g/mol. The van der Waals surface area contributed by atoms with Crippen LogP contribution in [-0.4, -0.2) is 39.3 Å². The van der Waals surface area contributed by atoms with Gasteiger partial charge in [-0.15, -0.1) is 0 Å². The van der Waals surface area contributed by atoms with E-state index in [1.807, 2.05) is 53.6 Å². The number of benzene rings is 2. The number of hydrogen-bond acceptors (Lipinski definition) is 2. The summed E-state index contributed by atoms with van der Waals surface area (Å²) in [5, 5.41) is 0. The lowest BCUT2D eigenvalue weighted by Crippen LogP contribution is -2.44. The molecule has 35 heavy (non-hydrogen) atoms. The van der Waals surface area contributed by atoms with Crippen LogP contribution >= 0.6 is 0 Å². The lowest BCUT2D eigenvalue weighted by Gasteiger charge is -2.29. The molecule has 0 spiro atoms. The van der Waals surface area contributed by atoms with Crippen molar-refractivity contribution in [3.05, 3.63) is 95.6 Å². The van der Waals surface area contributed by atoms with E-state index < -0.39 is 0 Å². The van der Waals surface area contributed by atoms with Gasteiger partial charge >= 0.3 is 0 Å². The molecular weight excluding hydrogens is 441 g/mol. The Kier molecular flexibility index (Phi) is 8.01. The minimum Gasteiger partial charge on any atom is -0.345 e. The van der Waals surface area contributed by atoms with E-state index in [9.17, 15) is 14.0 Å². The molecule has 1 saturated carbocycles. The summed E-state index contributed by atoms with van der Waals surface area (Å²) in [7, 11) is 0. The highest BCUT2D eigenvalue weighted by atomic mass is 19.1. The van der Waals surface area contributed by atoms with Gasteiger partial charge in [0.15, 0.2) is 0 Å². The SMILES string of the molecule is CC(C)CN(CC(=O)N(Cc1ccccc1)Cc1cccn1Cc1ccc(F)cc1)C(=O)C1CC1. The third-order valence-corrected chi connectivity index (χ3v) is 6.26. The number of aromatic nitrogens is 1. The molecule has 0 atom stereocenters. The monoisotopic (exact) mass is 475 g/mol. The highest BCUT2D eigenvalue weighted by Crippen LogP contribution is 2.31. The zero-order valence-corrected chi connectivity index (χ0v) is 20.6. The van der Waals surface area contributed by atoms with Gasteiger partial charge in [0.05, 0.1) is 13.1 Å². The number of amides is 2. The molecule has 3 aromatic rings. The summed E-state index contributed by atoms with van der Waals surface area (Å²) in [5.74, 6) is 0.162. The maximum Gasteiger partial charge on any atom is 0.242 e. The van der Waals surface area contributed by atoms with Crippen molar-refractivity contribution in [1.29, 1.82) is 0 Å². The molecule has 2 aromatic carbocycles.